The molecule has 102 valence electrons. The topological polar surface area (TPSA) is 66.0 Å². The zero-order valence-corrected chi connectivity index (χ0v) is 12.9. The van der Waals surface area contributed by atoms with Crippen molar-refractivity contribution in [3.05, 3.63) is 28.7 Å². The molecule has 2 aromatic rings. The average Bonchev–Trinajstić information content (AvgIpc) is 2.77. The number of hydrogen-bond donors (Lipinski definition) is 1. The van der Waals surface area contributed by atoms with E-state index in [4.69, 9.17) is 10.6 Å². The number of hydrogen-bond acceptors (Lipinski definition) is 5. The van der Waals surface area contributed by atoms with Crippen molar-refractivity contribution in [2.24, 2.45) is 0 Å². The third-order valence-corrected chi connectivity index (χ3v) is 4.04. The maximum atomic E-state index is 6.03. The Balaban J connectivity index is 2.12. The molecule has 0 bridgehead atoms. The summed E-state index contributed by atoms with van der Waals surface area (Å²) in [5, 5.41) is 8.93. The standard InChI is InChI=1S/C12H15BrN4OS/c1-2-18-7-8-19-12-16-15-11(17(12)14)9-5-3-4-6-10(9)13/h3-6H,2,7-8,14H2,1H3. The van der Waals surface area contributed by atoms with Crippen molar-refractivity contribution in [3.63, 3.8) is 0 Å². The van der Waals surface area contributed by atoms with Crippen LogP contribution in [0.25, 0.3) is 11.4 Å². The molecule has 0 spiro atoms. The molecule has 1 aromatic carbocycles. The number of benzene rings is 1. The maximum Gasteiger partial charge on any atom is 0.210 e. The summed E-state index contributed by atoms with van der Waals surface area (Å²) < 4.78 is 7.73. The van der Waals surface area contributed by atoms with Crippen molar-refractivity contribution < 1.29 is 4.74 Å². The lowest BCUT2D eigenvalue weighted by atomic mass is 10.2. The quantitative estimate of drug-likeness (QED) is 0.496. The Bertz CT molecular complexity index is 546. The molecule has 7 heteroatoms. The molecular weight excluding hydrogens is 328 g/mol. The fourth-order valence-electron chi connectivity index (χ4n) is 1.54. The molecule has 5 nitrogen and oxygen atoms in total. The highest BCUT2D eigenvalue weighted by Gasteiger charge is 2.13. The Morgan fingerprint density at radius 1 is 1.37 bits per heavy atom. The van der Waals surface area contributed by atoms with Gasteiger partial charge in [-0.15, -0.1) is 10.2 Å². The summed E-state index contributed by atoms with van der Waals surface area (Å²) in [4.78, 5) is 0. The van der Waals surface area contributed by atoms with E-state index in [2.05, 4.69) is 26.1 Å². The van der Waals surface area contributed by atoms with Crippen molar-refractivity contribution in [1.29, 1.82) is 0 Å². The number of aromatic nitrogens is 3. The van der Waals surface area contributed by atoms with Crippen LogP contribution in [0.4, 0.5) is 0 Å². The van der Waals surface area contributed by atoms with Gasteiger partial charge in [0, 0.05) is 22.4 Å². The molecule has 0 aliphatic rings. The number of rotatable bonds is 6. The molecule has 0 unspecified atom stereocenters. The minimum absolute atomic E-state index is 0.645. The first-order valence-electron chi connectivity index (χ1n) is 5.90. The van der Waals surface area contributed by atoms with Gasteiger partial charge in [0.15, 0.2) is 5.82 Å². The van der Waals surface area contributed by atoms with Crippen LogP contribution in [0.1, 0.15) is 6.92 Å². The van der Waals surface area contributed by atoms with Gasteiger partial charge in [0.05, 0.1) is 6.61 Å². The average molecular weight is 343 g/mol. The largest absolute Gasteiger partial charge is 0.381 e. The number of ether oxygens (including phenoxy) is 1. The second-order valence-corrected chi connectivity index (χ2v) is 5.62. The van der Waals surface area contributed by atoms with E-state index in [0.29, 0.717) is 17.6 Å². The van der Waals surface area contributed by atoms with Gasteiger partial charge < -0.3 is 10.6 Å². The van der Waals surface area contributed by atoms with Crippen molar-refractivity contribution in [3.8, 4) is 11.4 Å². The lowest BCUT2D eigenvalue weighted by molar-refractivity contribution is 0.164. The summed E-state index contributed by atoms with van der Waals surface area (Å²) in [5.41, 5.74) is 0.925. The van der Waals surface area contributed by atoms with E-state index in [-0.39, 0.29) is 0 Å². The molecule has 1 aromatic heterocycles. The molecule has 19 heavy (non-hydrogen) atoms. The fourth-order valence-corrected chi connectivity index (χ4v) is 2.71. The van der Waals surface area contributed by atoms with Gasteiger partial charge >= 0.3 is 0 Å². The van der Waals surface area contributed by atoms with Crippen molar-refractivity contribution in [2.75, 3.05) is 24.8 Å². The van der Waals surface area contributed by atoms with Gasteiger partial charge in [-0.3, -0.25) is 0 Å². The van der Waals surface area contributed by atoms with Crippen molar-refractivity contribution in [1.82, 2.24) is 14.9 Å². The molecule has 0 fully saturated rings. The molecule has 0 aliphatic carbocycles. The first-order chi connectivity index (χ1) is 9.24. The smallest absolute Gasteiger partial charge is 0.210 e. The van der Waals surface area contributed by atoms with Gasteiger partial charge in [-0.1, -0.05) is 39.8 Å². The van der Waals surface area contributed by atoms with Crippen LogP contribution in [0.3, 0.4) is 0 Å². The molecule has 1 heterocycles. The summed E-state index contributed by atoms with van der Waals surface area (Å²) >= 11 is 5.02. The molecule has 0 saturated heterocycles. The number of nitrogens with two attached hydrogens (primary N) is 1. The monoisotopic (exact) mass is 342 g/mol. The summed E-state index contributed by atoms with van der Waals surface area (Å²) in [6.07, 6.45) is 0. The van der Waals surface area contributed by atoms with E-state index in [1.807, 2.05) is 31.2 Å². The van der Waals surface area contributed by atoms with Gasteiger partial charge in [-0.25, -0.2) is 4.68 Å². The minimum Gasteiger partial charge on any atom is -0.381 e. The molecule has 0 atom stereocenters. The molecule has 0 radical (unpaired) electrons. The summed E-state index contributed by atoms with van der Waals surface area (Å²) in [7, 11) is 0. The van der Waals surface area contributed by atoms with Crippen molar-refractivity contribution >= 4 is 27.7 Å². The van der Waals surface area contributed by atoms with Crippen LogP contribution >= 0.6 is 27.7 Å². The highest BCUT2D eigenvalue weighted by atomic mass is 79.9. The van der Waals surface area contributed by atoms with E-state index >= 15 is 0 Å². The Labute approximate surface area is 124 Å². The highest BCUT2D eigenvalue weighted by Crippen LogP contribution is 2.27. The number of thioether (sulfide) groups is 1. The molecule has 0 amide bonds. The lowest BCUT2D eigenvalue weighted by Crippen LogP contribution is -2.12. The van der Waals surface area contributed by atoms with Gasteiger partial charge in [0.25, 0.3) is 0 Å². The van der Waals surface area contributed by atoms with Crippen LogP contribution in [0.15, 0.2) is 33.9 Å². The van der Waals surface area contributed by atoms with E-state index < -0.39 is 0 Å². The van der Waals surface area contributed by atoms with Crippen LogP contribution in [0.5, 0.6) is 0 Å². The summed E-state index contributed by atoms with van der Waals surface area (Å²) in [6, 6.07) is 7.79. The first kappa shape index (κ1) is 14.4. The number of halogens is 1. The van der Waals surface area contributed by atoms with Gasteiger partial charge in [0.1, 0.15) is 0 Å². The Morgan fingerprint density at radius 2 is 2.16 bits per heavy atom. The van der Waals surface area contributed by atoms with Gasteiger partial charge in [0.2, 0.25) is 5.16 Å². The van der Waals surface area contributed by atoms with E-state index in [1.165, 1.54) is 16.4 Å². The zero-order chi connectivity index (χ0) is 13.7. The number of nitrogens with zero attached hydrogens (tertiary/aromatic N) is 3. The molecule has 0 saturated carbocycles. The Hall–Kier alpha value is -1.05. The molecule has 2 rings (SSSR count). The normalized spacial score (nSPS) is 10.8. The van der Waals surface area contributed by atoms with Gasteiger partial charge in [-0.05, 0) is 19.1 Å². The fraction of sp³-hybridized carbons (Fsp3) is 0.333. The van der Waals surface area contributed by atoms with Crippen LogP contribution in [0.2, 0.25) is 0 Å². The Morgan fingerprint density at radius 3 is 2.89 bits per heavy atom. The minimum atomic E-state index is 0.645. The lowest BCUT2D eigenvalue weighted by Gasteiger charge is -2.05. The molecular formula is C12H15BrN4OS. The van der Waals surface area contributed by atoms with Crippen molar-refractivity contribution in [2.45, 2.75) is 12.1 Å². The highest BCUT2D eigenvalue weighted by molar-refractivity contribution is 9.10. The predicted octanol–water partition coefficient (Wildman–Crippen LogP) is 2.55. The zero-order valence-electron chi connectivity index (χ0n) is 10.5. The van der Waals surface area contributed by atoms with E-state index in [9.17, 15) is 0 Å². The third-order valence-electron chi connectivity index (χ3n) is 2.44. The van der Waals surface area contributed by atoms with Gasteiger partial charge in [-0.2, -0.15) is 0 Å². The van der Waals surface area contributed by atoms with E-state index in [0.717, 1.165) is 22.4 Å². The SMILES string of the molecule is CCOCCSc1nnc(-c2ccccc2Br)n1N. The van der Waals surface area contributed by atoms with Crippen LogP contribution in [0, 0.1) is 0 Å². The van der Waals surface area contributed by atoms with Crippen LogP contribution < -0.4 is 5.84 Å². The molecule has 0 aliphatic heterocycles. The summed E-state index contributed by atoms with van der Waals surface area (Å²) in [6.45, 7) is 3.37. The maximum absolute atomic E-state index is 6.03. The number of nitrogen functional groups attached to an aromatic ring is 1. The van der Waals surface area contributed by atoms with Crippen LogP contribution in [-0.2, 0) is 4.74 Å². The molecule has 2 N–H and O–H groups in total. The predicted molar refractivity (Wildman–Crippen MR) is 80.5 cm³/mol. The second-order valence-electron chi connectivity index (χ2n) is 3.70. The van der Waals surface area contributed by atoms with E-state index in [1.54, 1.807) is 0 Å². The summed E-state index contributed by atoms with van der Waals surface area (Å²) in [5.74, 6) is 7.48. The first-order valence-corrected chi connectivity index (χ1v) is 7.67. The van der Waals surface area contributed by atoms with Crippen LogP contribution in [-0.4, -0.2) is 33.8 Å². The third kappa shape index (κ3) is 3.49. The Kier molecular flexibility index (Phi) is 5.24. The second kappa shape index (κ2) is 6.93.